The summed E-state index contributed by atoms with van der Waals surface area (Å²) in [6, 6.07) is 5.76. The van der Waals surface area contributed by atoms with Gasteiger partial charge >= 0.3 is 12.1 Å². The lowest BCUT2D eigenvalue weighted by Crippen LogP contribution is -2.07. The van der Waals surface area contributed by atoms with Gasteiger partial charge < -0.3 is 5.11 Å². The Labute approximate surface area is 128 Å². The number of carboxylic acid groups (broad SMARTS) is 1. The van der Waals surface area contributed by atoms with E-state index in [0.717, 1.165) is 23.5 Å². The summed E-state index contributed by atoms with van der Waals surface area (Å²) < 4.78 is 38.1. The first-order valence-corrected chi connectivity index (χ1v) is 7.03. The summed E-state index contributed by atoms with van der Waals surface area (Å²) in [5, 5.41) is 8.75. The SMILES string of the molecule is Cc1cc(CC(=O)O)sc1C(=O)c1cccc(C(F)(F)F)c1. The monoisotopic (exact) mass is 328 g/mol. The average molecular weight is 328 g/mol. The third kappa shape index (κ3) is 3.54. The average Bonchev–Trinajstić information content (AvgIpc) is 2.77. The Bertz CT molecular complexity index is 732. The van der Waals surface area contributed by atoms with Gasteiger partial charge in [-0.25, -0.2) is 0 Å². The van der Waals surface area contributed by atoms with Gasteiger partial charge in [-0.1, -0.05) is 12.1 Å². The van der Waals surface area contributed by atoms with Crippen LogP contribution in [0.5, 0.6) is 0 Å². The van der Waals surface area contributed by atoms with E-state index in [9.17, 15) is 22.8 Å². The zero-order chi connectivity index (χ0) is 16.5. The van der Waals surface area contributed by atoms with Gasteiger partial charge in [0.15, 0.2) is 0 Å². The smallest absolute Gasteiger partial charge is 0.416 e. The quantitative estimate of drug-likeness (QED) is 0.865. The minimum Gasteiger partial charge on any atom is -0.481 e. The highest BCUT2D eigenvalue weighted by atomic mass is 32.1. The summed E-state index contributed by atoms with van der Waals surface area (Å²) in [6.07, 6.45) is -4.74. The molecule has 1 N–H and O–H groups in total. The van der Waals surface area contributed by atoms with Gasteiger partial charge in [-0.3, -0.25) is 9.59 Å². The number of carboxylic acids is 1. The van der Waals surface area contributed by atoms with E-state index in [1.54, 1.807) is 13.0 Å². The Balaban J connectivity index is 2.36. The third-order valence-electron chi connectivity index (χ3n) is 2.95. The fourth-order valence-electron chi connectivity index (χ4n) is 1.98. The van der Waals surface area contributed by atoms with Crippen LogP contribution in [0.1, 0.15) is 31.2 Å². The van der Waals surface area contributed by atoms with E-state index in [-0.39, 0.29) is 16.9 Å². The van der Waals surface area contributed by atoms with Crippen LogP contribution in [0.3, 0.4) is 0 Å². The Morgan fingerprint density at radius 1 is 1.23 bits per heavy atom. The van der Waals surface area contributed by atoms with Crippen LogP contribution in [0, 0.1) is 6.92 Å². The highest BCUT2D eigenvalue weighted by molar-refractivity contribution is 7.14. The number of carbonyl (C=O) groups excluding carboxylic acids is 1. The molecule has 0 saturated heterocycles. The molecule has 1 heterocycles. The molecule has 116 valence electrons. The molecule has 0 radical (unpaired) electrons. The van der Waals surface area contributed by atoms with E-state index < -0.39 is 23.5 Å². The number of halogens is 3. The van der Waals surface area contributed by atoms with Gasteiger partial charge in [0.1, 0.15) is 0 Å². The number of carbonyl (C=O) groups is 2. The second-order valence-electron chi connectivity index (χ2n) is 4.70. The largest absolute Gasteiger partial charge is 0.481 e. The maximum Gasteiger partial charge on any atom is 0.416 e. The van der Waals surface area contributed by atoms with E-state index >= 15 is 0 Å². The summed E-state index contributed by atoms with van der Waals surface area (Å²) in [5.74, 6) is -1.57. The molecule has 22 heavy (non-hydrogen) atoms. The summed E-state index contributed by atoms with van der Waals surface area (Å²) >= 11 is 0.992. The first-order chi connectivity index (χ1) is 10.2. The predicted molar refractivity (Wildman–Crippen MR) is 75.3 cm³/mol. The van der Waals surface area contributed by atoms with Crippen molar-refractivity contribution in [3.63, 3.8) is 0 Å². The van der Waals surface area contributed by atoms with Crippen molar-refractivity contribution in [2.45, 2.75) is 19.5 Å². The molecule has 7 heteroatoms. The number of benzene rings is 1. The highest BCUT2D eigenvalue weighted by Gasteiger charge is 2.31. The Morgan fingerprint density at radius 2 is 1.91 bits per heavy atom. The molecule has 0 atom stereocenters. The van der Waals surface area contributed by atoms with Crippen LogP contribution in [0.15, 0.2) is 30.3 Å². The first-order valence-electron chi connectivity index (χ1n) is 6.21. The maximum absolute atomic E-state index is 12.7. The van der Waals surface area contributed by atoms with Crippen molar-refractivity contribution in [1.82, 2.24) is 0 Å². The van der Waals surface area contributed by atoms with E-state index in [1.165, 1.54) is 12.1 Å². The number of aliphatic carboxylic acids is 1. The van der Waals surface area contributed by atoms with Gasteiger partial charge in [0.05, 0.1) is 16.9 Å². The van der Waals surface area contributed by atoms with Crippen molar-refractivity contribution in [2.24, 2.45) is 0 Å². The van der Waals surface area contributed by atoms with E-state index in [1.807, 2.05) is 0 Å². The van der Waals surface area contributed by atoms with Crippen LogP contribution in [0.4, 0.5) is 13.2 Å². The normalized spacial score (nSPS) is 11.5. The Hall–Kier alpha value is -2.15. The number of hydrogen-bond donors (Lipinski definition) is 1. The fourth-order valence-corrected chi connectivity index (χ4v) is 3.10. The summed E-state index contributed by atoms with van der Waals surface area (Å²) in [4.78, 5) is 23.8. The number of thiophene rings is 1. The molecule has 2 aromatic rings. The summed E-state index contributed by atoms with van der Waals surface area (Å²) in [6.45, 7) is 1.63. The molecule has 0 aliphatic rings. The van der Waals surface area contributed by atoms with E-state index in [4.69, 9.17) is 5.11 Å². The van der Waals surface area contributed by atoms with Crippen molar-refractivity contribution >= 4 is 23.1 Å². The fraction of sp³-hybridized carbons (Fsp3) is 0.200. The molecule has 1 aromatic heterocycles. The van der Waals surface area contributed by atoms with Gasteiger partial charge in [-0.05, 0) is 30.7 Å². The highest BCUT2D eigenvalue weighted by Crippen LogP contribution is 2.31. The number of rotatable bonds is 4. The molecule has 0 aliphatic heterocycles. The molecule has 1 aromatic carbocycles. The molecule has 0 spiro atoms. The number of ketones is 1. The molecule has 0 aliphatic carbocycles. The molecule has 0 unspecified atom stereocenters. The van der Waals surface area contributed by atoms with Crippen LogP contribution < -0.4 is 0 Å². The van der Waals surface area contributed by atoms with E-state index in [2.05, 4.69) is 0 Å². The molecule has 0 saturated carbocycles. The van der Waals surface area contributed by atoms with Gasteiger partial charge in [-0.15, -0.1) is 11.3 Å². The van der Waals surface area contributed by atoms with Crippen LogP contribution in [0.25, 0.3) is 0 Å². The molecule has 3 nitrogen and oxygen atoms in total. The van der Waals surface area contributed by atoms with Crippen molar-refractivity contribution in [1.29, 1.82) is 0 Å². The second-order valence-corrected chi connectivity index (χ2v) is 5.84. The molecular weight excluding hydrogens is 317 g/mol. The lowest BCUT2D eigenvalue weighted by atomic mass is 10.0. The standard InChI is InChI=1S/C15H11F3O3S/c1-8-5-11(7-12(19)20)22-14(8)13(21)9-3-2-4-10(6-9)15(16,17)18/h2-6H,7H2,1H3,(H,19,20). The van der Waals surface area contributed by atoms with E-state index in [0.29, 0.717) is 10.4 Å². The summed E-state index contributed by atoms with van der Waals surface area (Å²) in [7, 11) is 0. The lowest BCUT2D eigenvalue weighted by Gasteiger charge is -2.08. The van der Waals surface area contributed by atoms with Crippen molar-refractivity contribution in [2.75, 3.05) is 0 Å². The number of alkyl halides is 3. The van der Waals surface area contributed by atoms with Crippen molar-refractivity contribution in [3.8, 4) is 0 Å². The minimum absolute atomic E-state index is 0.0679. The van der Waals surface area contributed by atoms with Crippen molar-refractivity contribution in [3.05, 3.63) is 56.8 Å². The third-order valence-corrected chi connectivity index (χ3v) is 4.19. The molecule has 2 rings (SSSR count). The lowest BCUT2D eigenvalue weighted by molar-refractivity contribution is -0.138. The number of aryl methyl sites for hydroxylation is 1. The van der Waals surface area contributed by atoms with Crippen LogP contribution in [-0.2, 0) is 17.4 Å². The first kappa shape index (κ1) is 16.2. The van der Waals surface area contributed by atoms with Gasteiger partial charge in [0, 0.05) is 10.4 Å². The summed E-state index contributed by atoms with van der Waals surface area (Å²) in [5.41, 5.74) is -0.399. The van der Waals surface area contributed by atoms with Crippen LogP contribution >= 0.6 is 11.3 Å². The molecular formula is C15H11F3O3S. The topological polar surface area (TPSA) is 54.4 Å². The minimum atomic E-state index is -4.52. The van der Waals surface area contributed by atoms with Gasteiger partial charge in [0.2, 0.25) is 5.78 Å². The Morgan fingerprint density at radius 3 is 2.50 bits per heavy atom. The molecule has 0 bridgehead atoms. The van der Waals surface area contributed by atoms with Crippen LogP contribution in [0.2, 0.25) is 0 Å². The Kier molecular flexibility index (Phi) is 4.37. The number of hydrogen-bond acceptors (Lipinski definition) is 3. The predicted octanol–water partition coefficient (Wildman–Crippen LogP) is 3.93. The molecule has 0 fully saturated rings. The second kappa shape index (κ2) is 5.92. The van der Waals surface area contributed by atoms with Crippen molar-refractivity contribution < 1.29 is 27.9 Å². The maximum atomic E-state index is 12.7. The van der Waals surface area contributed by atoms with Gasteiger partial charge in [-0.2, -0.15) is 13.2 Å². The molecule has 0 amide bonds. The zero-order valence-electron chi connectivity index (χ0n) is 11.4. The van der Waals surface area contributed by atoms with Crippen LogP contribution in [-0.4, -0.2) is 16.9 Å². The van der Waals surface area contributed by atoms with Gasteiger partial charge in [0.25, 0.3) is 0 Å². The zero-order valence-corrected chi connectivity index (χ0v) is 12.2.